The van der Waals surface area contributed by atoms with Gasteiger partial charge in [0.05, 0.1) is 0 Å². The van der Waals surface area contributed by atoms with E-state index >= 15 is 0 Å². The number of aromatic nitrogens is 1. The van der Waals surface area contributed by atoms with Gasteiger partial charge in [-0.25, -0.2) is 0 Å². The van der Waals surface area contributed by atoms with E-state index in [4.69, 9.17) is 0 Å². The number of nitrogens with zero attached hydrogens (tertiary/aromatic N) is 1. The molecule has 0 bridgehead atoms. The monoisotopic (exact) mass is 332 g/mol. The van der Waals surface area contributed by atoms with Crippen LogP contribution >= 0.6 is 15.9 Å². The number of rotatable bonds is 5. The maximum Gasteiger partial charge on any atom is 0.268 e. The van der Waals surface area contributed by atoms with Crippen LogP contribution in [0.2, 0.25) is 0 Å². The van der Waals surface area contributed by atoms with Crippen molar-refractivity contribution in [3.05, 3.63) is 22.4 Å². The fraction of sp³-hybridized carbons (Fsp3) is 0.583. The van der Waals surface area contributed by atoms with Crippen LogP contribution in [-0.4, -0.2) is 32.7 Å². The summed E-state index contributed by atoms with van der Waals surface area (Å²) < 4.78 is 14.1. The second kappa shape index (κ2) is 5.57. The van der Waals surface area contributed by atoms with Crippen LogP contribution in [0.1, 0.15) is 36.3 Å². The summed E-state index contributed by atoms with van der Waals surface area (Å²) in [5, 5.41) is 2.89. The largest absolute Gasteiger partial charge is 0.347 e. The predicted octanol–water partition coefficient (Wildman–Crippen LogP) is 2.08. The van der Waals surface area contributed by atoms with Crippen molar-refractivity contribution in [3.8, 4) is 0 Å². The number of hydrogen-bond acceptors (Lipinski definition) is 2. The zero-order valence-electron chi connectivity index (χ0n) is 10.5. The highest BCUT2D eigenvalue weighted by molar-refractivity contribution is 9.10. The Morgan fingerprint density at radius 1 is 1.67 bits per heavy atom. The minimum Gasteiger partial charge on any atom is -0.347 e. The van der Waals surface area contributed by atoms with Crippen molar-refractivity contribution in [2.45, 2.75) is 31.8 Å². The van der Waals surface area contributed by atoms with Gasteiger partial charge < -0.3 is 9.88 Å². The van der Waals surface area contributed by atoms with Gasteiger partial charge in [-0.1, -0.05) is 0 Å². The van der Waals surface area contributed by atoms with Crippen LogP contribution in [0, 0.1) is 0 Å². The Morgan fingerprint density at radius 2 is 2.33 bits per heavy atom. The van der Waals surface area contributed by atoms with Crippen LogP contribution in [0.5, 0.6) is 0 Å². The summed E-state index contributed by atoms with van der Waals surface area (Å²) in [6.45, 7) is 1.87. The molecule has 100 valence electrons. The van der Waals surface area contributed by atoms with Gasteiger partial charge in [0.1, 0.15) is 5.69 Å². The second-order valence-electron chi connectivity index (χ2n) is 4.80. The molecule has 6 heteroatoms. The van der Waals surface area contributed by atoms with Gasteiger partial charge in [0.25, 0.3) is 5.91 Å². The molecule has 1 aliphatic rings. The molecule has 0 radical (unpaired) electrons. The van der Waals surface area contributed by atoms with Gasteiger partial charge in [0, 0.05) is 45.6 Å². The van der Waals surface area contributed by atoms with E-state index in [0.29, 0.717) is 17.5 Å². The molecule has 1 N–H and O–H groups in total. The Labute approximate surface area is 118 Å². The quantitative estimate of drug-likeness (QED) is 0.897. The van der Waals surface area contributed by atoms with Crippen LogP contribution in [0.4, 0.5) is 0 Å². The van der Waals surface area contributed by atoms with Gasteiger partial charge in [-0.2, -0.15) is 0 Å². The molecule has 2 unspecified atom stereocenters. The molecule has 4 nitrogen and oxygen atoms in total. The Morgan fingerprint density at radius 3 is 2.89 bits per heavy atom. The van der Waals surface area contributed by atoms with Crippen molar-refractivity contribution in [1.82, 2.24) is 9.88 Å². The van der Waals surface area contributed by atoms with E-state index in [1.54, 1.807) is 6.26 Å². The normalized spacial score (nSPS) is 18.4. The maximum absolute atomic E-state index is 12.2. The van der Waals surface area contributed by atoms with Gasteiger partial charge in [0.2, 0.25) is 0 Å². The Kier molecular flexibility index (Phi) is 4.27. The molecular weight excluding hydrogens is 316 g/mol. The summed E-state index contributed by atoms with van der Waals surface area (Å²) in [6, 6.07) is 2.22. The van der Waals surface area contributed by atoms with Crippen LogP contribution in [-0.2, 0) is 10.8 Å². The van der Waals surface area contributed by atoms with Crippen LogP contribution in [0.15, 0.2) is 16.7 Å². The average Bonchev–Trinajstić information content (AvgIpc) is 3.00. The van der Waals surface area contributed by atoms with Gasteiger partial charge >= 0.3 is 0 Å². The van der Waals surface area contributed by atoms with Crippen molar-refractivity contribution in [2.75, 3.05) is 12.0 Å². The molecular formula is C12H17BrN2O2S. The third kappa shape index (κ3) is 3.45. The van der Waals surface area contributed by atoms with E-state index in [1.165, 1.54) is 0 Å². The Bertz CT molecular complexity index is 482. The van der Waals surface area contributed by atoms with Gasteiger partial charge in [-0.15, -0.1) is 0 Å². The summed E-state index contributed by atoms with van der Waals surface area (Å²) in [5.74, 6) is 0.391. The van der Waals surface area contributed by atoms with Crippen molar-refractivity contribution < 1.29 is 9.00 Å². The van der Waals surface area contributed by atoms with Crippen LogP contribution in [0.25, 0.3) is 0 Å². The molecule has 1 saturated carbocycles. The highest BCUT2D eigenvalue weighted by Crippen LogP contribution is 2.37. The standard InChI is InChI=1S/C12H17BrN2O2S/c1-8(7-18(2)17)14-12(16)11-5-9(13)6-15(11)10-3-4-10/h5-6,8,10H,3-4,7H2,1-2H3,(H,14,16). The summed E-state index contributed by atoms with van der Waals surface area (Å²) in [5.41, 5.74) is 0.679. The van der Waals surface area contributed by atoms with E-state index in [0.717, 1.165) is 17.3 Å². The molecule has 0 spiro atoms. The highest BCUT2D eigenvalue weighted by Gasteiger charge is 2.28. The summed E-state index contributed by atoms with van der Waals surface area (Å²) in [6.07, 6.45) is 5.87. The Balaban J connectivity index is 2.06. The smallest absolute Gasteiger partial charge is 0.268 e. The molecule has 0 saturated heterocycles. The van der Waals surface area contributed by atoms with E-state index in [9.17, 15) is 9.00 Å². The average molecular weight is 333 g/mol. The minimum absolute atomic E-state index is 0.0790. The lowest BCUT2D eigenvalue weighted by molar-refractivity contribution is 0.0934. The molecule has 18 heavy (non-hydrogen) atoms. The summed E-state index contributed by atoms with van der Waals surface area (Å²) in [4.78, 5) is 12.2. The maximum atomic E-state index is 12.2. The lowest BCUT2D eigenvalue weighted by Gasteiger charge is -2.13. The van der Waals surface area contributed by atoms with E-state index in [-0.39, 0.29) is 11.9 Å². The number of carbonyl (C=O) groups excluding carboxylic acids is 1. The molecule has 2 atom stereocenters. The SMILES string of the molecule is CC(CS(C)=O)NC(=O)c1cc(Br)cn1C1CC1. The van der Waals surface area contributed by atoms with E-state index < -0.39 is 10.8 Å². The minimum atomic E-state index is -0.896. The molecule has 1 amide bonds. The molecule has 0 aromatic carbocycles. The molecule has 1 aromatic rings. The van der Waals surface area contributed by atoms with E-state index in [2.05, 4.69) is 21.2 Å². The van der Waals surface area contributed by atoms with Crippen molar-refractivity contribution >= 4 is 32.6 Å². The van der Waals surface area contributed by atoms with Gasteiger partial charge in [-0.05, 0) is 41.8 Å². The number of halogens is 1. The zero-order chi connectivity index (χ0) is 13.3. The highest BCUT2D eigenvalue weighted by atomic mass is 79.9. The van der Waals surface area contributed by atoms with Gasteiger partial charge in [-0.3, -0.25) is 9.00 Å². The third-order valence-electron chi connectivity index (χ3n) is 2.85. The van der Waals surface area contributed by atoms with Crippen LogP contribution in [0.3, 0.4) is 0 Å². The number of carbonyl (C=O) groups is 1. The first-order chi connectivity index (χ1) is 8.47. The first kappa shape index (κ1) is 13.8. The van der Waals surface area contributed by atoms with E-state index in [1.807, 2.05) is 23.8 Å². The first-order valence-corrected chi connectivity index (χ1v) is 8.47. The third-order valence-corrected chi connectivity index (χ3v) is 4.25. The molecule has 1 aliphatic carbocycles. The molecule has 1 heterocycles. The van der Waals surface area contributed by atoms with Crippen LogP contribution < -0.4 is 5.32 Å². The molecule has 0 aliphatic heterocycles. The van der Waals surface area contributed by atoms with Crippen molar-refractivity contribution in [1.29, 1.82) is 0 Å². The van der Waals surface area contributed by atoms with Crippen molar-refractivity contribution in [3.63, 3.8) is 0 Å². The summed E-state index contributed by atoms with van der Waals surface area (Å²) >= 11 is 3.40. The fourth-order valence-electron chi connectivity index (χ4n) is 1.97. The topological polar surface area (TPSA) is 51.1 Å². The lowest BCUT2D eigenvalue weighted by Crippen LogP contribution is -2.37. The Hall–Kier alpha value is -0.620. The molecule has 2 rings (SSSR count). The lowest BCUT2D eigenvalue weighted by atomic mass is 10.3. The van der Waals surface area contributed by atoms with Gasteiger partial charge in [0.15, 0.2) is 0 Å². The number of amides is 1. The zero-order valence-corrected chi connectivity index (χ0v) is 12.9. The van der Waals surface area contributed by atoms with Crippen molar-refractivity contribution in [2.24, 2.45) is 0 Å². The number of nitrogens with one attached hydrogen (secondary N) is 1. The number of hydrogen-bond donors (Lipinski definition) is 1. The molecule has 1 aromatic heterocycles. The summed E-state index contributed by atoms with van der Waals surface area (Å²) in [7, 11) is -0.896. The first-order valence-electron chi connectivity index (χ1n) is 5.95. The predicted molar refractivity (Wildman–Crippen MR) is 76.3 cm³/mol. The second-order valence-corrected chi connectivity index (χ2v) is 7.19. The molecule has 1 fully saturated rings. The fourth-order valence-corrected chi connectivity index (χ4v) is 3.20.